The zero-order chi connectivity index (χ0) is 23.8. The first kappa shape index (κ1) is 26.2. The van der Waals surface area contributed by atoms with Gasteiger partial charge in [-0.2, -0.15) is 0 Å². The molecule has 0 saturated heterocycles. The van der Waals surface area contributed by atoms with Crippen LogP contribution in [0.1, 0.15) is 120 Å². The van der Waals surface area contributed by atoms with Crippen LogP contribution < -0.4 is 0 Å². The van der Waals surface area contributed by atoms with E-state index in [9.17, 15) is 0 Å². The van der Waals surface area contributed by atoms with Gasteiger partial charge in [-0.05, 0) is 73.1 Å². The van der Waals surface area contributed by atoms with Crippen molar-refractivity contribution < 1.29 is 0 Å². The van der Waals surface area contributed by atoms with Crippen molar-refractivity contribution in [3.63, 3.8) is 0 Å². The molecule has 2 aromatic rings. The Kier molecular flexibility index (Phi) is 11.9. The van der Waals surface area contributed by atoms with Gasteiger partial charge < -0.3 is 0 Å². The zero-order valence-electron chi connectivity index (χ0n) is 21.7. The Bertz CT molecular complexity index is 932. The normalized spacial score (nSPS) is 17.4. The third-order valence-electron chi connectivity index (χ3n) is 7.35. The lowest BCUT2D eigenvalue weighted by atomic mass is 9.77. The van der Waals surface area contributed by atoms with Crippen molar-refractivity contribution in [2.45, 2.75) is 104 Å². The van der Waals surface area contributed by atoms with E-state index in [-0.39, 0.29) is 0 Å². The molecule has 0 atom stereocenters. The first-order valence-corrected chi connectivity index (χ1v) is 14.0. The second kappa shape index (κ2) is 15.5. The monoisotopic (exact) mass is 452 g/mol. The van der Waals surface area contributed by atoms with Crippen molar-refractivity contribution >= 4 is 0 Å². The molecule has 0 unspecified atom stereocenters. The first-order valence-electron chi connectivity index (χ1n) is 14.0. The van der Waals surface area contributed by atoms with Gasteiger partial charge in [0.05, 0.1) is 0 Å². The van der Waals surface area contributed by atoms with Gasteiger partial charge in [0.15, 0.2) is 0 Å². The lowest BCUT2D eigenvalue weighted by Crippen LogP contribution is -2.15. The van der Waals surface area contributed by atoms with E-state index in [1.165, 1.54) is 89.0 Å². The standard InChI is InChI=1S/C34H44/c1-3-5-7-9-11-29-13-17-31(18-14-29)21-23-33-25-27-34(28-26-33)24-22-32-19-15-30(16-20-32)12-10-8-6-4-2/h15-16,19-20,25-29,31H,3-9,11,13-14,17-18,21,23H2,1-2H3. The molecule has 1 fully saturated rings. The molecule has 0 amide bonds. The van der Waals surface area contributed by atoms with Crippen LogP contribution in [0.25, 0.3) is 0 Å². The van der Waals surface area contributed by atoms with E-state index in [0.29, 0.717) is 0 Å². The van der Waals surface area contributed by atoms with Crippen molar-refractivity contribution in [2.75, 3.05) is 0 Å². The van der Waals surface area contributed by atoms with Crippen LogP contribution in [0, 0.1) is 35.5 Å². The molecular formula is C34H44. The van der Waals surface area contributed by atoms with Crippen LogP contribution in [0.5, 0.6) is 0 Å². The minimum Gasteiger partial charge on any atom is -0.0979 e. The summed E-state index contributed by atoms with van der Waals surface area (Å²) in [6, 6.07) is 17.2. The number of rotatable bonds is 10. The maximum Gasteiger partial charge on any atom is 0.0249 e. The van der Waals surface area contributed by atoms with E-state index in [0.717, 1.165) is 34.9 Å². The largest absolute Gasteiger partial charge is 0.0979 e. The molecular weight excluding hydrogens is 408 g/mol. The molecule has 1 aliphatic carbocycles. The van der Waals surface area contributed by atoms with Crippen molar-refractivity contribution in [1.29, 1.82) is 0 Å². The maximum absolute atomic E-state index is 3.32. The van der Waals surface area contributed by atoms with Gasteiger partial charge in [0, 0.05) is 23.1 Å². The van der Waals surface area contributed by atoms with Gasteiger partial charge in [0.1, 0.15) is 0 Å². The van der Waals surface area contributed by atoms with Crippen LogP contribution in [-0.2, 0) is 6.42 Å². The Morgan fingerprint density at radius 2 is 1.12 bits per heavy atom. The SMILES string of the molecule is CCCCC#Cc1ccc(C#Cc2ccc(CCC3CCC(CCCCCC)CC3)cc2)cc1. The number of hydrogen-bond donors (Lipinski definition) is 0. The van der Waals surface area contributed by atoms with Gasteiger partial charge in [-0.15, -0.1) is 0 Å². The highest BCUT2D eigenvalue weighted by molar-refractivity contribution is 5.46. The zero-order valence-corrected chi connectivity index (χ0v) is 21.7. The smallest absolute Gasteiger partial charge is 0.0249 e. The van der Waals surface area contributed by atoms with E-state index in [4.69, 9.17) is 0 Å². The topological polar surface area (TPSA) is 0 Å². The summed E-state index contributed by atoms with van der Waals surface area (Å²) in [7, 11) is 0. The third kappa shape index (κ3) is 9.82. The summed E-state index contributed by atoms with van der Waals surface area (Å²) in [4.78, 5) is 0. The molecule has 0 N–H and O–H groups in total. The van der Waals surface area contributed by atoms with Crippen molar-refractivity contribution in [3.05, 3.63) is 70.8 Å². The molecule has 0 aromatic heterocycles. The molecule has 0 heteroatoms. The summed E-state index contributed by atoms with van der Waals surface area (Å²) >= 11 is 0. The molecule has 34 heavy (non-hydrogen) atoms. The first-order chi connectivity index (χ1) is 16.8. The predicted octanol–water partition coefficient (Wildman–Crippen LogP) is 9.34. The Morgan fingerprint density at radius 1 is 0.588 bits per heavy atom. The van der Waals surface area contributed by atoms with E-state index < -0.39 is 0 Å². The molecule has 0 nitrogen and oxygen atoms in total. The predicted molar refractivity (Wildman–Crippen MR) is 148 cm³/mol. The van der Waals surface area contributed by atoms with Crippen LogP contribution >= 0.6 is 0 Å². The summed E-state index contributed by atoms with van der Waals surface area (Å²) in [5, 5.41) is 0. The quantitative estimate of drug-likeness (QED) is 0.249. The van der Waals surface area contributed by atoms with Crippen molar-refractivity contribution in [1.82, 2.24) is 0 Å². The van der Waals surface area contributed by atoms with E-state index in [2.05, 4.69) is 86.1 Å². The molecule has 0 radical (unpaired) electrons. The van der Waals surface area contributed by atoms with E-state index in [1.54, 1.807) is 0 Å². The lowest BCUT2D eigenvalue weighted by molar-refractivity contribution is 0.249. The number of benzene rings is 2. The molecule has 0 aliphatic heterocycles. The van der Waals surface area contributed by atoms with Crippen molar-refractivity contribution in [2.24, 2.45) is 11.8 Å². The lowest BCUT2D eigenvalue weighted by Gasteiger charge is -2.28. The van der Waals surface area contributed by atoms with Gasteiger partial charge in [-0.1, -0.05) is 114 Å². The molecule has 3 rings (SSSR count). The second-order valence-electron chi connectivity index (χ2n) is 10.2. The fourth-order valence-electron chi connectivity index (χ4n) is 5.01. The van der Waals surface area contributed by atoms with E-state index >= 15 is 0 Å². The van der Waals surface area contributed by atoms with Gasteiger partial charge >= 0.3 is 0 Å². The Hall–Kier alpha value is -2.44. The molecule has 0 heterocycles. The highest BCUT2D eigenvalue weighted by atomic mass is 14.3. The molecule has 0 spiro atoms. The maximum atomic E-state index is 3.32. The van der Waals surface area contributed by atoms with Gasteiger partial charge in [-0.3, -0.25) is 0 Å². The van der Waals surface area contributed by atoms with Gasteiger partial charge in [-0.25, -0.2) is 0 Å². The molecule has 1 saturated carbocycles. The molecule has 180 valence electrons. The van der Waals surface area contributed by atoms with Crippen LogP contribution in [0.2, 0.25) is 0 Å². The van der Waals surface area contributed by atoms with Crippen LogP contribution in [0.4, 0.5) is 0 Å². The fraction of sp³-hybridized carbons (Fsp3) is 0.529. The number of unbranched alkanes of at least 4 members (excludes halogenated alkanes) is 5. The summed E-state index contributed by atoms with van der Waals surface area (Å²) in [5.74, 6) is 15.0. The molecule has 0 bridgehead atoms. The summed E-state index contributed by atoms with van der Waals surface area (Å²) in [6.07, 6.45) is 18.9. The Balaban J connectivity index is 1.39. The third-order valence-corrected chi connectivity index (χ3v) is 7.35. The summed E-state index contributed by atoms with van der Waals surface area (Å²) in [5.41, 5.74) is 4.67. The van der Waals surface area contributed by atoms with Crippen molar-refractivity contribution in [3.8, 4) is 23.7 Å². The minimum absolute atomic E-state index is 0.936. The highest BCUT2D eigenvalue weighted by Gasteiger charge is 2.20. The highest BCUT2D eigenvalue weighted by Crippen LogP contribution is 2.34. The second-order valence-corrected chi connectivity index (χ2v) is 10.2. The minimum atomic E-state index is 0.936. The summed E-state index contributed by atoms with van der Waals surface area (Å²) < 4.78 is 0. The van der Waals surface area contributed by atoms with Crippen LogP contribution in [-0.4, -0.2) is 0 Å². The average Bonchev–Trinajstić information content (AvgIpc) is 2.89. The number of hydrogen-bond acceptors (Lipinski definition) is 0. The Morgan fingerprint density at radius 3 is 1.71 bits per heavy atom. The van der Waals surface area contributed by atoms with Gasteiger partial charge in [0.2, 0.25) is 0 Å². The number of aryl methyl sites for hydroxylation is 1. The van der Waals surface area contributed by atoms with Gasteiger partial charge in [0.25, 0.3) is 0 Å². The van der Waals surface area contributed by atoms with Crippen LogP contribution in [0.15, 0.2) is 48.5 Å². The van der Waals surface area contributed by atoms with Crippen LogP contribution in [0.3, 0.4) is 0 Å². The molecule has 2 aromatic carbocycles. The Labute approximate surface area is 210 Å². The average molecular weight is 453 g/mol. The fourth-order valence-corrected chi connectivity index (χ4v) is 5.01. The molecule has 1 aliphatic rings. The summed E-state index contributed by atoms with van der Waals surface area (Å²) in [6.45, 7) is 4.50. The van der Waals surface area contributed by atoms with E-state index in [1.807, 2.05) is 0 Å².